The number of hydrogen-bond acceptors (Lipinski definition) is 6. The lowest BCUT2D eigenvalue weighted by molar-refractivity contribution is 0.587. The van der Waals surface area contributed by atoms with Crippen LogP contribution in [0.15, 0.2) is 80.0 Å². The molecular weight excluding hydrogens is 416 g/mol. The summed E-state index contributed by atoms with van der Waals surface area (Å²) in [5.41, 5.74) is -1.01. The van der Waals surface area contributed by atoms with Gasteiger partial charge in [0.05, 0.1) is 0 Å². The summed E-state index contributed by atoms with van der Waals surface area (Å²) in [5.74, 6) is 0. The van der Waals surface area contributed by atoms with Gasteiger partial charge in [-0.1, -0.05) is 36.4 Å². The van der Waals surface area contributed by atoms with Gasteiger partial charge >= 0.3 is 0 Å². The van der Waals surface area contributed by atoms with Gasteiger partial charge in [-0.05, 0) is 35.0 Å². The van der Waals surface area contributed by atoms with E-state index in [0.29, 0.717) is 21.8 Å². The third kappa shape index (κ3) is 3.47. The molecule has 2 N–H and O–H groups in total. The first-order valence-electron chi connectivity index (χ1n) is 8.37. The van der Waals surface area contributed by atoms with Crippen LogP contribution in [0, 0.1) is 0 Å². The highest BCUT2D eigenvalue weighted by Crippen LogP contribution is 2.19. The molecule has 0 amide bonds. The number of hydrogen-bond donors (Lipinski definition) is 2. The number of rotatable bonds is 4. The van der Waals surface area contributed by atoms with Gasteiger partial charge < -0.3 is 9.97 Å². The standard InChI is InChI=1S/C19H14N2O6S2/c22-18-16(9-12-5-1-3-7-14(12)20-18)28(24,25)11-29(26,27)17-10-13-6-2-4-8-15(13)21-19(17)23/h1-10H,11H2,(H,20,22)(H,21,23). The van der Waals surface area contributed by atoms with Crippen molar-refractivity contribution in [2.24, 2.45) is 0 Å². The van der Waals surface area contributed by atoms with Crippen molar-refractivity contribution in [3.63, 3.8) is 0 Å². The van der Waals surface area contributed by atoms with Crippen LogP contribution < -0.4 is 11.1 Å². The zero-order valence-corrected chi connectivity index (χ0v) is 16.4. The molecule has 2 aromatic heterocycles. The molecule has 2 heterocycles. The fourth-order valence-electron chi connectivity index (χ4n) is 3.05. The van der Waals surface area contributed by atoms with Gasteiger partial charge in [0.1, 0.15) is 9.79 Å². The smallest absolute Gasteiger partial charge is 0.267 e. The molecule has 0 unspecified atom stereocenters. The van der Waals surface area contributed by atoms with Crippen molar-refractivity contribution in [3.8, 4) is 0 Å². The molecule has 0 fully saturated rings. The third-order valence-corrected chi connectivity index (χ3v) is 8.85. The van der Waals surface area contributed by atoms with E-state index in [0.717, 1.165) is 12.1 Å². The normalized spacial score (nSPS) is 12.4. The minimum atomic E-state index is -4.54. The summed E-state index contributed by atoms with van der Waals surface area (Å²) in [6.07, 6.45) is 0. The summed E-state index contributed by atoms with van der Waals surface area (Å²) in [7, 11) is -9.09. The average molecular weight is 430 g/mol. The summed E-state index contributed by atoms with van der Waals surface area (Å²) in [6, 6.07) is 15.3. The van der Waals surface area contributed by atoms with Gasteiger partial charge in [-0.3, -0.25) is 9.59 Å². The Morgan fingerprint density at radius 2 is 1.00 bits per heavy atom. The van der Waals surface area contributed by atoms with Crippen molar-refractivity contribution in [2.75, 3.05) is 5.08 Å². The molecular formula is C19H14N2O6S2. The molecule has 4 rings (SSSR count). The van der Waals surface area contributed by atoms with Gasteiger partial charge in [0, 0.05) is 11.0 Å². The van der Waals surface area contributed by atoms with Crippen molar-refractivity contribution in [1.29, 1.82) is 0 Å². The zero-order chi connectivity index (χ0) is 20.8. The predicted molar refractivity (Wildman–Crippen MR) is 108 cm³/mol. The Balaban J connectivity index is 1.82. The van der Waals surface area contributed by atoms with E-state index in [1.807, 2.05) is 0 Å². The number of H-pyrrole nitrogens is 2. The lowest BCUT2D eigenvalue weighted by Gasteiger charge is -2.07. The molecule has 2 aromatic carbocycles. The van der Waals surface area contributed by atoms with E-state index < -0.39 is 45.7 Å². The van der Waals surface area contributed by atoms with E-state index in [1.165, 1.54) is 0 Å². The Morgan fingerprint density at radius 3 is 1.41 bits per heavy atom. The van der Waals surface area contributed by atoms with E-state index >= 15 is 0 Å². The van der Waals surface area contributed by atoms with Crippen LogP contribution in [0.25, 0.3) is 21.8 Å². The molecule has 148 valence electrons. The molecule has 0 aliphatic heterocycles. The van der Waals surface area contributed by atoms with Crippen LogP contribution in [-0.2, 0) is 19.7 Å². The van der Waals surface area contributed by atoms with Gasteiger partial charge in [-0.2, -0.15) is 0 Å². The minimum absolute atomic E-state index is 0.422. The molecule has 0 radical (unpaired) electrons. The van der Waals surface area contributed by atoms with Crippen LogP contribution in [0.5, 0.6) is 0 Å². The molecule has 0 aliphatic carbocycles. The number of pyridine rings is 2. The highest BCUT2D eigenvalue weighted by molar-refractivity contribution is 8.08. The maximum atomic E-state index is 12.7. The average Bonchev–Trinajstić information content (AvgIpc) is 2.65. The molecule has 10 heteroatoms. The Bertz CT molecular complexity index is 1480. The van der Waals surface area contributed by atoms with Crippen LogP contribution in [-0.4, -0.2) is 31.9 Å². The first-order valence-corrected chi connectivity index (χ1v) is 11.7. The first-order chi connectivity index (χ1) is 13.7. The lowest BCUT2D eigenvalue weighted by Crippen LogP contribution is -2.27. The zero-order valence-electron chi connectivity index (χ0n) is 14.7. The summed E-state index contributed by atoms with van der Waals surface area (Å²) in [5, 5.41) is -0.527. The van der Waals surface area contributed by atoms with Crippen LogP contribution in [0.2, 0.25) is 0 Å². The summed E-state index contributed by atoms with van der Waals surface area (Å²) in [4.78, 5) is 28.0. The van der Waals surface area contributed by atoms with Crippen LogP contribution in [0.3, 0.4) is 0 Å². The maximum absolute atomic E-state index is 12.7. The largest absolute Gasteiger partial charge is 0.321 e. The Hall–Kier alpha value is -3.24. The second-order valence-electron chi connectivity index (χ2n) is 6.45. The molecule has 8 nitrogen and oxygen atoms in total. The van der Waals surface area contributed by atoms with Crippen molar-refractivity contribution < 1.29 is 16.8 Å². The van der Waals surface area contributed by atoms with Gasteiger partial charge in [0.25, 0.3) is 11.1 Å². The van der Waals surface area contributed by atoms with Gasteiger partial charge in [-0.25, -0.2) is 16.8 Å². The molecule has 4 aromatic rings. The van der Waals surface area contributed by atoms with Gasteiger partial charge in [-0.15, -0.1) is 0 Å². The molecule has 0 spiro atoms. The summed E-state index contributed by atoms with van der Waals surface area (Å²) in [6.45, 7) is 0. The Kier molecular flexibility index (Phi) is 4.39. The first kappa shape index (κ1) is 19.1. The third-order valence-electron chi connectivity index (χ3n) is 4.42. The number of sulfone groups is 2. The van der Waals surface area contributed by atoms with E-state index in [-0.39, 0.29) is 0 Å². The maximum Gasteiger partial charge on any atom is 0.267 e. The number of nitrogens with one attached hydrogen (secondary N) is 2. The van der Waals surface area contributed by atoms with E-state index in [2.05, 4.69) is 9.97 Å². The quantitative estimate of drug-likeness (QED) is 0.505. The molecule has 0 aliphatic rings. The van der Waals surface area contributed by atoms with Crippen LogP contribution in [0.1, 0.15) is 0 Å². The van der Waals surface area contributed by atoms with Crippen molar-refractivity contribution >= 4 is 41.5 Å². The molecule has 0 saturated heterocycles. The fourth-order valence-corrected chi connectivity index (χ4v) is 6.98. The van der Waals surface area contributed by atoms with Crippen LogP contribution in [0.4, 0.5) is 0 Å². The molecule has 0 saturated carbocycles. The van der Waals surface area contributed by atoms with E-state index in [4.69, 9.17) is 0 Å². The monoisotopic (exact) mass is 430 g/mol. The SMILES string of the molecule is O=c1[nH]c2ccccc2cc1S(=O)(=O)CS(=O)(=O)c1cc2ccccc2[nH]c1=O. The van der Waals surface area contributed by atoms with E-state index in [9.17, 15) is 26.4 Å². The predicted octanol–water partition coefficient (Wildman–Crippen LogP) is 1.57. The second kappa shape index (κ2) is 6.68. The number of aromatic nitrogens is 2. The van der Waals surface area contributed by atoms with E-state index in [1.54, 1.807) is 48.5 Å². The van der Waals surface area contributed by atoms with Gasteiger partial charge in [0.15, 0.2) is 24.8 Å². The highest BCUT2D eigenvalue weighted by Gasteiger charge is 2.30. The van der Waals surface area contributed by atoms with Crippen molar-refractivity contribution in [2.45, 2.75) is 9.79 Å². The molecule has 0 bridgehead atoms. The highest BCUT2D eigenvalue weighted by atomic mass is 32.3. The number of para-hydroxylation sites is 2. The molecule has 29 heavy (non-hydrogen) atoms. The number of benzene rings is 2. The fraction of sp³-hybridized carbons (Fsp3) is 0.0526. The topological polar surface area (TPSA) is 134 Å². The Morgan fingerprint density at radius 1 is 0.621 bits per heavy atom. The van der Waals surface area contributed by atoms with Gasteiger partial charge in [0.2, 0.25) is 0 Å². The van der Waals surface area contributed by atoms with Crippen molar-refractivity contribution in [3.05, 3.63) is 81.4 Å². The van der Waals surface area contributed by atoms with Crippen LogP contribution >= 0.6 is 0 Å². The summed E-state index contributed by atoms with van der Waals surface area (Å²) < 4.78 is 51.0. The Labute approximate surface area is 164 Å². The number of aromatic amines is 2. The minimum Gasteiger partial charge on any atom is -0.321 e. The summed E-state index contributed by atoms with van der Waals surface area (Å²) >= 11 is 0. The van der Waals surface area contributed by atoms with Crippen molar-refractivity contribution in [1.82, 2.24) is 9.97 Å². The second-order valence-corrected chi connectivity index (χ2v) is 10.7. The lowest BCUT2D eigenvalue weighted by atomic mass is 10.2. The molecule has 0 atom stereocenters. The number of fused-ring (bicyclic) bond motifs is 2.